The zero-order valence-corrected chi connectivity index (χ0v) is 16.4. The fraction of sp³-hybridized carbons (Fsp3) is 0.240. The Balaban J connectivity index is 1.73. The van der Waals surface area contributed by atoms with Gasteiger partial charge in [0.05, 0.1) is 19.2 Å². The summed E-state index contributed by atoms with van der Waals surface area (Å²) in [5, 5.41) is 0. The monoisotopic (exact) mass is 386 g/mol. The first-order valence-electron chi connectivity index (χ1n) is 10.1. The predicted octanol–water partition coefficient (Wildman–Crippen LogP) is 3.97. The fourth-order valence-electron chi connectivity index (χ4n) is 4.15. The van der Waals surface area contributed by atoms with Crippen molar-refractivity contribution in [3.63, 3.8) is 0 Å². The number of hydrogen-bond donors (Lipinski definition) is 1. The Bertz CT molecular complexity index is 943. The Morgan fingerprint density at radius 2 is 1.52 bits per heavy atom. The highest BCUT2D eigenvalue weighted by Crippen LogP contribution is 2.41. The van der Waals surface area contributed by atoms with E-state index in [0.717, 1.165) is 23.3 Å². The highest BCUT2D eigenvalue weighted by atomic mass is 16.5. The van der Waals surface area contributed by atoms with Gasteiger partial charge in [0, 0.05) is 18.0 Å². The Labute approximate surface area is 171 Å². The first-order valence-corrected chi connectivity index (χ1v) is 10.1. The van der Waals surface area contributed by atoms with Crippen molar-refractivity contribution in [2.45, 2.75) is 19.0 Å². The van der Waals surface area contributed by atoms with Gasteiger partial charge < -0.3 is 15.4 Å². The second-order valence-corrected chi connectivity index (χ2v) is 7.45. The SMILES string of the molecule is NCC(=O)N(Cc1ccccc1)C1c2ccccc2OCC1Cc1ccccc1. The molecule has 1 heterocycles. The highest BCUT2D eigenvalue weighted by Gasteiger charge is 2.37. The second-order valence-electron chi connectivity index (χ2n) is 7.45. The number of fused-ring (bicyclic) bond motifs is 1. The Morgan fingerprint density at radius 3 is 2.21 bits per heavy atom. The van der Waals surface area contributed by atoms with Crippen LogP contribution in [0.2, 0.25) is 0 Å². The first-order chi connectivity index (χ1) is 14.3. The number of para-hydroxylation sites is 1. The molecule has 4 nitrogen and oxygen atoms in total. The van der Waals surface area contributed by atoms with Crippen molar-refractivity contribution in [3.05, 3.63) is 102 Å². The number of ether oxygens (including phenoxy) is 1. The van der Waals surface area contributed by atoms with Crippen molar-refractivity contribution in [2.24, 2.45) is 11.7 Å². The van der Waals surface area contributed by atoms with E-state index >= 15 is 0 Å². The van der Waals surface area contributed by atoms with Crippen LogP contribution < -0.4 is 10.5 Å². The van der Waals surface area contributed by atoms with Crippen LogP contribution >= 0.6 is 0 Å². The van der Waals surface area contributed by atoms with Crippen molar-refractivity contribution < 1.29 is 9.53 Å². The molecule has 29 heavy (non-hydrogen) atoms. The van der Waals surface area contributed by atoms with Crippen LogP contribution in [0.25, 0.3) is 0 Å². The third-order valence-corrected chi connectivity index (χ3v) is 5.50. The number of nitrogens with zero attached hydrogens (tertiary/aromatic N) is 1. The normalized spacial score (nSPS) is 17.8. The lowest BCUT2D eigenvalue weighted by Gasteiger charge is -2.41. The molecule has 148 valence electrons. The van der Waals surface area contributed by atoms with Gasteiger partial charge in [-0.1, -0.05) is 78.9 Å². The molecule has 2 unspecified atom stereocenters. The molecule has 1 amide bonds. The van der Waals surface area contributed by atoms with Gasteiger partial charge in [-0.05, 0) is 23.6 Å². The zero-order chi connectivity index (χ0) is 20.1. The summed E-state index contributed by atoms with van der Waals surface area (Å²) in [6.07, 6.45) is 0.836. The molecule has 1 aliphatic heterocycles. The largest absolute Gasteiger partial charge is 0.493 e. The fourth-order valence-corrected chi connectivity index (χ4v) is 4.15. The minimum atomic E-state index is -0.0867. The summed E-state index contributed by atoms with van der Waals surface area (Å²) in [6.45, 7) is 1.09. The van der Waals surface area contributed by atoms with Crippen molar-refractivity contribution in [3.8, 4) is 5.75 Å². The number of nitrogens with two attached hydrogens (primary N) is 1. The average molecular weight is 386 g/mol. The maximum Gasteiger partial charge on any atom is 0.237 e. The molecule has 2 N–H and O–H groups in total. The van der Waals surface area contributed by atoms with Gasteiger partial charge in [0.2, 0.25) is 5.91 Å². The number of carbonyl (C=O) groups is 1. The van der Waals surface area contributed by atoms with Gasteiger partial charge in [0.15, 0.2) is 0 Å². The van der Waals surface area contributed by atoms with Crippen LogP contribution in [0.1, 0.15) is 22.7 Å². The quantitative estimate of drug-likeness (QED) is 0.697. The van der Waals surface area contributed by atoms with Crippen LogP contribution in [0.5, 0.6) is 5.75 Å². The summed E-state index contributed by atoms with van der Waals surface area (Å²) >= 11 is 0. The van der Waals surface area contributed by atoms with Crippen molar-refractivity contribution in [2.75, 3.05) is 13.2 Å². The van der Waals surface area contributed by atoms with E-state index in [1.165, 1.54) is 5.56 Å². The van der Waals surface area contributed by atoms with Crippen LogP contribution in [0.15, 0.2) is 84.9 Å². The summed E-state index contributed by atoms with van der Waals surface area (Å²) in [5.41, 5.74) is 9.22. The van der Waals surface area contributed by atoms with Gasteiger partial charge in [0.1, 0.15) is 5.75 Å². The molecular formula is C25H26N2O2. The van der Waals surface area contributed by atoms with Gasteiger partial charge in [-0.25, -0.2) is 0 Å². The van der Waals surface area contributed by atoms with E-state index < -0.39 is 0 Å². The number of carbonyl (C=O) groups excluding carboxylic acids is 1. The third kappa shape index (κ3) is 4.33. The molecule has 4 rings (SSSR count). The van der Waals surface area contributed by atoms with Crippen LogP contribution in [0.4, 0.5) is 0 Å². The van der Waals surface area contributed by atoms with E-state index in [1.807, 2.05) is 59.5 Å². The molecule has 0 saturated heterocycles. The topological polar surface area (TPSA) is 55.6 Å². The van der Waals surface area contributed by atoms with E-state index in [1.54, 1.807) is 0 Å². The minimum absolute atomic E-state index is 0.00951. The average Bonchev–Trinajstić information content (AvgIpc) is 2.78. The van der Waals surface area contributed by atoms with Crippen LogP contribution in [0.3, 0.4) is 0 Å². The predicted molar refractivity (Wildman–Crippen MR) is 114 cm³/mol. The van der Waals surface area contributed by atoms with Crippen LogP contribution in [0, 0.1) is 5.92 Å². The molecule has 0 fully saturated rings. The minimum Gasteiger partial charge on any atom is -0.493 e. The highest BCUT2D eigenvalue weighted by molar-refractivity contribution is 5.78. The lowest BCUT2D eigenvalue weighted by atomic mass is 9.84. The van der Waals surface area contributed by atoms with Gasteiger partial charge in [-0.3, -0.25) is 4.79 Å². The second kappa shape index (κ2) is 8.93. The molecule has 1 aliphatic rings. The van der Waals surface area contributed by atoms with Gasteiger partial charge in [0.25, 0.3) is 0 Å². The molecule has 3 aromatic carbocycles. The summed E-state index contributed by atoms with van der Waals surface area (Å²) in [4.78, 5) is 14.9. The molecule has 4 heteroatoms. The summed E-state index contributed by atoms with van der Waals surface area (Å²) in [6, 6.07) is 28.4. The molecule has 3 aromatic rings. The van der Waals surface area contributed by atoms with E-state index in [0.29, 0.717) is 13.2 Å². The number of hydrogen-bond acceptors (Lipinski definition) is 3. The van der Waals surface area contributed by atoms with Crippen LogP contribution in [-0.2, 0) is 17.8 Å². The molecule has 0 radical (unpaired) electrons. The summed E-state index contributed by atoms with van der Waals surface area (Å²) in [5.74, 6) is 0.949. The Morgan fingerprint density at radius 1 is 0.897 bits per heavy atom. The lowest BCUT2D eigenvalue weighted by molar-refractivity contribution is -0.135. The van der Waals surface area contributed by atoms with Crippen LogP contribution in [-0.4, -0.2) is 24.0 Å². The first kappa shape index (κ1) is 19.2. The van der Waals surface area contributed by atoms with Gasteiger partial charge in [-0.15, -0.1) is 0 Å². The zero-order valence-electron chi connectivity index (χ0n) is 16.4. The summed E-state index contributed by atoms with van der Waals surface area (Å²) in [7, 11) is 0. The number of benzene rings is 3. The molecule has 2 atom stereocenters. The van der Waals surface area contributed by atoms with Gasteiger partial charge in [-0.2, -0.15) is 0 Å². The lowest BCUT2D eigenvalue weighted by Crippen LogP contribution is -2.45. The van der Waals surface area contributed by atoms with Crippen molar-refractivity contribution in [1.82, 2.24) is 4.90 Å². The van der Waals surface area contributed by atoms with E-state index in [9.17, 15) is 4.79 Å². The van der Waals surface area contributed by atoms with E-state index in [-0.39, 0.29) is 24.4 Å². The molecule has 0 spiro atoms. The van der Waals surface area contributed by atoms with Gasteiger partial charge >= 0.3 is 0 Å². The number of amides is 1. The smallest absolute Gasteiger partial charge is 0.237 e. The maximum atomic E-state index is 13.0. The van der Waals surface area contributed by atoms with E-state index in [4.69, 9.17) is 10.5 Å². The van der Waals surface area contributed by atoms with Crippen molar-refractivity contribution in [1.29, 1.82) is 0 Å². The number of rotatable bonds is 6. The summed E-state index contributed by atoms with van der Waals surface area (Å²) < 4.78 is 6.08. The molecular weight excluding hydrogens is 360 g/mol. The standard InChI is InChI=1S/C25H26N2O2/c26-16-24(28)27(17-20-11-5-2-6-12-20)25-21(15-19-9-3-1-4-10-19)18-29-23-14-8-7-13-22(23)25/h1-14,21,25H,15-18,26H2. The molecule has 0 aromatic heterocycles. The van der Waals surface area contributed by atoms with E-state index in [2.05, 4.69) is 30.3 Å². The molecule has 0 bridgehead atoms. The Hall–Kier alpha value is -3.11. The molecule has 0 aliphatic carbocycles. The third-order valence-electron chi connectivity index (χ3n) is 5.50. The Kier molecular flexibility index (Phi) is 5.92. The van der Waals surface area contributed by atoms with Crippen molar-refractivity contribution >= 4 is 5.91 Å². The molecule has 0 saturated carbocycles. The maximum absolute atomic E-state index is 13.0.